The number of likely N-dealkylation sites (tertiary alicyclic amines) is 1. The molecule has 1 aromatic carbocycles. The number of carboxylic acid groups (broad SMARTS) is 2. The van der Waals surface area contributed by atoms with Crippen LogP contribution in [0, 0.1) is 12.8 Å². The molecule has 12 nitrogen and oxygen atoms in total. The Morgan fingerprint density at radius 2 is 1.76 bits per heavy atom. The Kier molecular flexibility index (Phi) is 8.98. The number of imidazole rings is 1. The third-order valence-electron chi connectivity index (χ3n) is 6.35. The zero-order valence-electron chi connectivity index (χ0n) is 21.2. The van der Waals surface area contributed by atoms with Gasteiger partial charge < -0.3 is 29.4 Å². The summed E-state index contributed by atoms with van der Waals surface area (Å²) in [6, 6.07) is 10.2. The summed E-state index contributed by atoms with van der Waals surface area (Å²) in [6.45, 7) is 6.65. The second kappa shape index (κ2) is 12.8. The maximum atomic E-state index is 9.10. The van der Waals surface area contributed by atoms with Crippen LogP contribution in [0.25, 0.3) is 11.0 Å². The fourth-order valence-corrected chi connectivity index (χ4v) is 4.48. The van der Waals surface area contributed by atoms with Crippen LogP contribution in [-0.4, -0.2) is 77.7 Å². The van der Waals surface area contributed by atoms with Crippen molar-refractivity contribution >= 4 is 28.9 Å². The maximum Gasteiger partial charge on any atom is 0.414 e. The number of carboxylic acids is 2. The van der Waals surface area contributed by atoms with Crippen LogP contribution in [0.1, 0.15) is 30.3 Å². The summed E-state index contributed by atoms with van der Waals surface area (Å²) in [5, 5.41) is 18.1. The summed E-state index contributed by atoms with van der Waals surface area (Å²) < 4.78 is 8.05. The lowest BCUT2D eigenvalue weighted by Crippen LogP contribution is -2.37. The monoisotopic (exact) mass is 521 g/mol. The number of benzene rings is 1. The largest absolute Gasteiger partial charge is 0.473 e. The smallest absolute Gasteiger partial charge is 0.414 e. The molecule has 0 bridgehead atoms. The zero-order valence-corrected chi connectivity index (χ0v) is 21.2. The van der Waals surface area contributed by atoms with Gasteiger partial charge in [0, 0.05) is 38.8 Å². The molecule has 5 rings (SSSR count). The summed E-state index contributed by atoms with van der Waals surface area (Å²) >= 11 is 0. The first-order chi connectivity index (χ1) is 18.4. The van der Waals surface area contributed by atoms with Gasteiger partial charge in [0.25, 0.3) is 0 Å². The van der Waals surface area contributed by atoms with E-state index in [1.54, 1.807) is 12.4 Å². The molecule has 0 radical (unpaired) electrons. The topological polar surface area (TPSA) is 160 Å². The van der Waals surface area contributed by atoms with Crippen molar-refractivity contribution in [1.29, 1.82) is 0 Å². The molecule has 38 heavy (non-hydrogen) atoms. The molecule has 1 saturated heterocycles. The number of aryl methyl sites for hydroxylation is 1. The van der Waals surface area contributed by atoms with E-state index in [-0.39, 0.29) is 0 Å². The van der Waals surface area contributed by atoms with Gasteiger partial charge in [-0.1, -0.05) is 12.1 Å². The van der Waals surface area contributed by atoms with Crippen LogP contribution < -0.4 is 5.32 Å². The Balaban J connectivity index is 0.000000505. The minimum absolute atomic E-state index is 0.642. The first kappa shape index (κ1) is 26.7. The van der Waals surface area contributed by atoms with Gasteiger partial charge in [-0.3, -0.25) is 0 Å². The van der Waals surface area contributed by atoms with Gasteiger partial charge in [-0.05, 0) is 50.0 Å². The predicted molar refractivity (Wildman–Crippen MR) is 139 cm³/mol. The molecular weight excluding hydrogens is 490 g/mol. The van der Waals surface area contributed by atoms with E-state index in [9.17, 15) is 0 Å². The molecule has 1 fully saturated rings. The number of hydrogen-bond donors (Lipinski definition) is 3. The fraction of sp³-hybridized carbons (Fsp3) is 0.385. The molecule has 1 aliphatic rings. The molecule has 0 unspecified atom stereocenters. The van der Waals surface area contributed by atoms with Crippen molar-refractivity contribution in [2.75, 3.05) is 31.5 Å². The molecule has 3 N–H and O–H groups in total. The van der Waals surface area contributed by atoms with Crippen LogP contribution in [0.3, 0.4) is 0 Å². The highest BCUT2D eigenvalue weighted by molar-refractivity contribution is 6.27. The van der Waals surface area contributed by atoms with E-state index in [4.69, 9.17) is 29.2 Å². The van der Waals surface area contributed by atoms with Crippen molar-refractivity contribution in [2.24, 2.45) is 5.92 Å². The molecule has 0 saturated carbocycles. The summed E-state index contributed by atoms with van der Waals surface area (Å²) in [4.78, 5) is 38.4. The van der Waals surface area contributed by atoms with Crippen molar-refractivity contribution in [1.82, 2.24) is 29.4 Å². The van der Waals surface area contributed by atoms with Crippen LogP contribution in [0.2, 0.25) is 0 Å². The molecule has 0 atom stereocenters. The number of anilines is 1. The molecular formula is C26H31N7O5. The van der Waals surface area contributed by atoms with Gasteiger partial charge in [0.15, 0.2) is 5.89 Å². The van der Waals surface area contributed by atoms with E-state index >= 15 is 0 Å². The average molecular weight is 522 g/mol. The number of piperidine rings is 1. The zero-order chi connectivity index (χ0) is 26.9. The molecule has 4 aromatic rings. The summed E-state index contributed by atoms with van der Waals surface area (Å²) in [5.74, 6) is 0.404. The van der Waals surface area contributed by atoms with Gasteiger partial charge in [-0.15, -0.1) is 0 Å². The van der Waals surface area contributed by atoms with Gasteiger partial charge in [-0.25, -0.2) is 29.5 Å². The Labute approximate surface area is 219 Å². The van der Waals surface area contributed by atoms with Gasteiger partial charge in [0.1, 0.15) is 11.6 Å². The number of aliphatic carboxylic acids is 2. The van der Waals surface area contributed by atoms with Crippen molar-refractivity contribution in [2.45, 2.75) is 32.7 Å². The lowest BCUT2D eigenvalue weighted by Gasteiger charge is -2.31. The quantitative estimate of drug-likeness (QED) is 0.293. The number of para-hydroxylation sites is 2. The van der Waals surface area contributed by atoms with E-state index in [1.165, 1.54) is 12.8 Å². The number of nitrogens with zero attached hydrogens (tertiary/aromatic N) is 6. The van der Waals surface area contributed by atoms with Crippen LogP contribution in [0.15, 0.2) is 53.3 Å². The Hall–Kier alpha value is -4.32. The molecule has 4 heterocycles. The molecule has 0 amide bonds. The Morgan fingerprint density at radius 1 is 1.05 bits per heavy atom. The van der Waals surface area contributed by atoms with E-state index in [0.29, 0.717) is 24.3 Å². The van der Waals surface area contributed by atoms with Gasteiger partial charge in [0.05, 0.1) is 23.8 Å². The lowest BCUT2D eigenvalue weighted by molar-refractivity contribution is -0.159. The highest BCUT2D eigenvalue weighted by Gasteiger charge is 2.22. The van der Waals surface area contributed by atoms with Crippen LogP contribution >= 0.6 is 0 Å². The first-order valence-electron chi connectivity index (χ1n) is 12.4. The number of nitrogens with one attached hydrogen (secondary N) is 1. The summed E-state index contributed by atoms with van der Waals surface area (Å²) in [6.07, 6.45) is 8.71. The third kappa shape index (κ3) is 7.35. The highest BCUT2D eigenvalue weighted by Crippen LogP contribution is 2.25. The first-order valence-corrected chi connectivity index (χ1v) is 12.4. The molecule has 1 aliphatic heterocycles. The van der Waals surface area contributed by atoms with Crippen molar-refractivity contribution in [3.05, 3.63) is 66.4 Å². The Morgan fingerprint density at radius 3 is 2.42 bits per heavy atom. The van der Waals surface area contributed by atoms with Gasteiger partial charge >= 0.3 is 11.9 Å². The van der Waals surface area contributed by atoms with E-state index in [2.05, 4.69) is 54.0 Å². The number of carbonyl (C=O) groups is 2. The maximum absolute atomic E-state index is 9.10. The highest BCUT2D eigenvalue weighted by atomic mass is 16.4. The molecule has 0 spiro atoms. The van der Waals surface area contributed by atoms with Crippen LogP contribution in [-0.2, 0) is 22.6 Å². The third-order valence-corrected chi connectivity index (χ3v) is 6.35. The van der Waals surface area contributed by atoms with E-state index in [1.807, 2.05) is 19.2 Å². The fourth-order valence-electron chi connectivity index (χ4n) is 4.48. The summed E-state index contributed by atoms with van der Waals surface area (Å²) in [7, 11) is 0. The number of hydrogen-bond acceptors (Lipinski definition) is 9. The molecule has 200 valence electrons. The number of aromatic nitrogens is 5. The van der Waals surface area contributed by atoms with Crippen molar-refractivity contribution < 1.29 is 24.2 Å². The SMILES string of the molecule is Cc1ncc(Cn2c(CC3CCN(CCNc4ncccn4)CC3)nc3ccccc32)o1.O=C(O)C(=O)O. The second-order valence-corrected chi connectivity index (χ2v) is 9.05. The molecule has 3 aromatic heterocycles. The minimum Gasteiger partial charge on any atom is -0.473 e. The number of fused-ring (bicyclic) bond motifs is 1. The van der Waals surface area contributed by atoms with Gasteiger partial charge in [-0.2, -0.15) is 0 Å². The van der Waals surface area contributed by atoms with Crippen molar-refractivity contribution in [3.63, 3.8) is 0 Å². The average Bonchev–Trinajstić information content (AvgIpc) is 3.49. The summed E-state index contributed by atoms with van der Waals surface area (Å²) in [5.41, 5.74) is 2.20. The van der Waals surface area contributed by atoms with E-state index < -0.39 is 11.9 Å². The van der Waals surface area contributed by atoms with Crippen LogP contribution in [0.5, 0.6) is 0 Å². The van der Waals surface area contributed by atoms with Crippen LogP contribution in [0.4, 0.5) is 5.95 Å². The standard InChI is InChI=1S/C24H29N7O.C2H2O4/c1-18-28-16-20(32-18)17-31-22-6-3-2-5-21(22)29-23(31)15-19-7-12-30(13-8-19)14-11-27-24-25-9-4-10-26-24;3-1(4)2(5)6/h2-6,9-10,16,19H,7-8,11-15,17H2,1H3,(H,25,26,27);(H,3,4)(H,5,6). The van der Waals surface area contributed by atoms with Crippen molar-refractivity contribution in [3.8, 4) is 0 Å². The minimum atomic E-state index is -1.82. The normalized spacial score (nSPS) is 14.1. The lowest BCUT2D eigenvalue weighted by atomic mass is 9.93. The molecule has 12 heteroatoms. The molecule has 0 aliphatic carbocycles. The number of oxazole rings is 1. The second-order valence-electron chi connectivity index (χ2n) is 9.05. The predicted octanol–water partition coefficient (Wildman–Crippen LogP) is 2.69. The Bertz CT molecular complexity index is 1330. The van der Waals surface area contributed by atoms with E-state index in [0.717, 1.165) is 55.2 Å². The van der Waals surface area contributed by atoms with Gasteiger partial charge in [0.2, 0.25) is 5.95 Å². The number of rotatable bonds is 8.